The van der Waals surface area contributed by atoms with E-state index in [-0.39, 0.29) is 12.1 Å². The summed E-state index contributed by atoms with van der Waals surface area (Å²) in [5.74, 6) is 0. The number of aromatic nitrogens is 2. The standard InChI is InChI=1S/C13H23N3O/c1-3-12-11(9-16(2)15-12)8-14-13(10-17)6-4-5-7-13/h9,14,17H,3-8,10H2,1-2H3. The molecule has 1 aliphatic carbocycles. The van der Waals surface area contributed by atoms with E-state index in [4.69, 9.17) is 0 Å². The van der Waals surface area contributed by atoms with E-state index in [0.29, 0.717) is 0 Å². The molecule has 17 heavy (non-hydrogen) atoms. The maximum absolute atomic E-state index is 9.54. The third-order valence-electron chi connectivity index (χ3n) is 3.84. The molecule has 2 rings (SSSR count). The third-order valence-corrected chi connectivity index (χ3v) is 3.84. The lowest BCUT2D eigenvalue weighted by atomic mass is 9.98. The lowest BCUT2D eigenvalue weighted by molar-refractivity contribution is 0.163. The predicted octanol–water partition coefficient (Wildman–Crippen LogP) is 1.38. The van der Waals surface area contributed by atoms with E-state index >= 15 is 0 Å². The number of rotatable bonds is 5. The Hall–Kier alpha value is -0.870. The topological polar surface area (TPSA) is 50.1 Å². The van der Waals surface area contributed by atoms with E-state index in [1.165, 1.54) is 18.4 Å². The highest BCUT2D eigenvalue weighted by Gasteiger charge is 2.32. The maximum Gasteiger partial charge on any atom is 0.0666 e. The van der Waals surface area contributed by atoms with Crippen LogP contribution in [0.2, 0.25) is 0 Å². The van der Waals surface area contributed by atoms with Crippen molar-refractivity contribution in [1.82, 2.24) is 15.1 Å². The molecule has 0 aromatic carbocycles. The molecule has 0 saturated heterocycles. The Morgan fingerprint density at radius 3 is 2.76 bits per heavy atom. The molecule has 0 spiro atoms. The van der Waals surface area contributed by atoms with Gasteiger partial charge in [0.2, 0.25) is 0 Å². The van der Waals surface area contributed by atoms with E-state index in [2.05, 4.69) is 23.5 Å². The number of hydrogen-bond acceptors (Lipinski definition) is 3. The van der Waals surface area contributed by atoms with Crippen molar-refractivity contribution in [2.75, 3.05) is 6.61 Å². The summed E-state index contributed by atoms with van der Waals surface area (Å²) in [4.78, 5) is 0. The van der Waals surface area contributed by atoms with Gasteiger partial charge in [-0.1, -0.05) is 19.8 Å². The Balaban J connectivity index is 2.01. The van der Waals surface area contributed by atoms with Crippen molar-refractivity contribution in [3.8, 4) is 0 Å². The second kappa shape index (κ2) is 5.19. The van der Waals surface area contributed by atoms with Gasteiger partial charge in [-0.3, -0.25) is 4.68 Å². The molecule has 4 nitrogen and oxygen atoms in total. The van der Waals surface area contributed by atoms with E-state index < -0.39 is 0 Å². The highest BCUT2D eigenvalue weighted by molar-refractivity contribution is 5.17. The zero-order valence-electron chi connectivity index (χ0n) is 10.9. The predicted molar refractivity (Wildman–Crippen MR) is 67.7 cm³/mol. The molecular weight excluding hydrogens is 214 g/mol. The summed E-state index contributed by atoms with van der Waals surface area (Å²) in [6.45, 7) is 3.19. The minimum Gasteiger partial charge on any atom is -0.394 e. The molecule has 0 radical (unpaired) electrons. The molecular formula is C13H23N3O. The Labute approximate surface area is 103 Å². The van der Waals surface area contributed by atoms with Gasteiger partial charge in [0.05, 0.1) is 12.3 Å². The number of aliphatic hydroxyl groups is 1. The van der Waals surface area contributed by atoms with Crippen LogP contribution in [-0.4, -0.2) is 27.0 Å². The lowest BCUT2D eigenvalue weighted by Gasteiger charge is -2.28. The maximum atomic E-state index is 9.54. The van der Waals surface area contributed by atoms with Gasteiger partial charge in [0.25, 0.3) is 0 Å². The minimum absolute atomic E-state index is 0.0408. The normalized spacial score (nSPS) is 18.8. The summed E-state index contributed by atoms with van der Waals surface area (Å²) >= 11 is 0. The number of hydrogen-bond donors (Lipinski definition) is 2. The molecule has 4 heteroatoms. The number of nitrogens with zero attached hydrogens (tertiary/aromatic N) is 2. The van der Waals surface area contributed by atoms with Crippen molar-refractivity contribution < 1.29 is 5.11 Å². The van der Waals surface area contributed by atoms with E-state index in [0.717, 1.165) is 31.5 Å². The van der Waals surface area contributed by atoms with Gasteiger partial charge in [0.1, 0.15) is 0 Å². The highest BCUT2D eigenvalue weighted by atomic mass is 16.3. The fraction of sp³-hybridized carbons (Fsp3) is 0.769. The largest absolute Gasteiger partial charge is 0.394 e. The highest BCUT2D eigenvalue weighted by Crippen LogP contribution is 2.29. The lowest BCUT2D eigenvalue weighted by Crippen LogP contribution is -2.45. The summed E-state index contributed by atoms with van der Waals surface area (Å²) in [5.41, 5.74) is 2.38. The molecule has 96 valence electrons. The van der Waals surface area contributed by atoms with Gasteiger partial charge >= 0.3 is 0 Å². The minimum atomic E-state index is -0.0408. The molecule has 1 saturated carbocycles. The van der Waals surface area contributed by atoms with Crippen LogP contribution in [0.1, 0.15) is 43.9 Å². The molecule has 1 aliphatic rings. The van der Waals surface area contributed by atoms with Crippen LogP contribution in [0, 0.1) is 0 Å². The van der Waals surface area contributed by atoms with Gasteiger partial charge < -0.3 is 10.4 Å². The van der Waals surface area contributed by atoms with Crippen LogP contribution in [0.4, 0.5) is 0 Å². The summed E-state index contributed by atoms with van der Waals surface area (Å²) < 4.78 is 1.87. The van der Waals surface area contributed by atoms with Gasteiger partial charge in [0, 0.05) is 30.9 Å². The van der Waals surface area contributed by atoms with Crippen molar-refractivity contribution in [2.45, 2.75) is 51.1 Å². The first-order chi connectivity index (χ1) is 8.19. The molecule has 1 aromatic heterocycles. The number of nitrogens with one attached hydrogen (secondary N) is 1. The van der Waals surface area contributed by atoms with Crippen LogP contribution in [0.3, 0.4) is 0 Å². The zero-order valence-corrected chi connectivity index (χ0v) is 10.9. The number of aliphatic hydroxyl groups excluding tert-OH is 1. The van der Waals surface area contributed by atoms with Gasteiger partial charge in [-0.05, 0) is 19.3 Å². The molecule has 1 aromatic rings. The van der Waals surface area contributed by atoms with Crippen molar-refractivity contribution >= 4 is 0 Å². The summed E-state index contributed by atoms with van der Waals surface area (Å²) in [5, 5.41) is 17.5. The fourth-order valence-corrected chi connectivity index (χ4v) is 2.75. The summed E-state index contributed by atoms with van der Waals surface area (Å²) in [7, 11) is 1.96. The van der Waals surface area contributed by atoms with Crippen molar-refractivity contribution in [2.24, 2.45) is 7.05 Å². The number of aryl methyl sites for hydroxylation is 2. The van der Waals surface area contributed by atoms with Crippen LogP contribution in [0.15, 0.2) is 6.20 Å². The van der Waals surface area contributed by atoms with Gasteiger partial charge in [-0.2, -0.15) is 5.10 Å². The van der Waals surface area contributed by atoms with Crippen LogP contribution < -0.4 is 5.32 Å². The Morgan fingerprint density at radius 2 is 2.18 bits per heavy atom. The molecule has 2 N–H and O–H groups in total. The fourth-order valence-electron chi connectivity index (χ4n) is 2.75. The average molecular weight is 237 g/mol. The van der Waals surface area contributed by atoms with Crippen molar-refractivity contribution in [1.29, 1.82) is 0 Å². The quantitative estimate of drug-likeness (QED) is 0.813. The van der Waals surface area contributed by atoms with E-state index in [1.54, 1.807) is 0 Å². The molecule has 0 aliphatic heterocycles. The van der Waals surface area contributed by atoms with Gasteiger partial charge in [-0.15, -0.1) is 0 Å². The summed E-state index contributed by atoms with van der Waals surface area (Å²) in [6.07, 6.45) is 7.66. The Kier molecular flexibility index (Phi) is 3.84. The van der Waals surface area contributed by atoms with E-state index in [1.807, 2.05) is 11.7 Å². The van der Waals surface area contributed by atoms with Crippen LogP contribution >= 0.6 is 0 Å². The molecule has 0 atom stereocenters. The Bertz CT molecular complexity index is 367. The molecule has 1 heterocycles. The van der Waals surface area contributed by atoms with E-state index in [9.17, 15) is 5.11 Å². The first kappa shape index (κ1) is 12.6. The molecule has 0 amide bonds. The van der Waals surface area contributed by atoms with Crippen molar-refractivity contribution in [3.05, 3.63) is 17.5 Å². The first-order valence-corrected chi connectivity index (χ1v) is 6.56. The molecule has 1 fully saturated rings. The second-order valence-electron chi connectivity index (χ2n) is 5.13. The Morgan fingerprint density at radius 1 is 1.47 bits per heavy atom. The monoisotopic (exact) mass is 237 g/mol. The zero-order chi connectivity index (χ0) is 12.3. The van der Waals surface area contributed by atoms with Crippen molar-refractivity contribution in [3.63, 3.8) is 0 Å². The summed E-state index contributed by atoms with van der Waals surface area (Å²) in [6, 6.07) is 0. The van der Waals surface area contributed by atoms with Crippen LogP contribution in [0.25, 0.3) is 0 Å². The van der Waals surface area contributed by atoms with Crippen LogP contribution in [-0.2, 0) is 20.0 Å². The van der Waals surface area contributed by atoms with Crippen LogP contribution in [0.5, 0.6) is 0 Å². The SMILES string of the molecule is CCc1nn(C)cc1CNC1(CO)CCCC1. The molecule has 0 bridgehead atoms. The second-order valence-corrected chi connectivity index (χ2v) is 5.13. The molecule has 0 unspecified atom stereocenters. The first-order valence-electron chi connectivity index (χ1n) is 6.56. The van der Waals surface area contributed by atoms with Gasteiger partial charge in [-0.25, -0.2) is 0 Å². The van der Waals surface area contributed by atoms with Gasteiger partial charge in [0.15, 0.2) is 0 Å². The third kappa shape index (κ3) is 2.69. The average Bonchev–Trinajstić information content (AvgIpc) is 2.93. The smallest absolute Gasteiger partial charge is 0.0666 e.